The molecule has 1 unspecified atom stereocenters. The molecule has 0 fully saturated rings. The molecule has 0 saturated heterocycles. The minimum absolute atomic E-state index is 0.259. The van der Waals surface area contributed by atoms with Gasteiger partial charge in [0, 0.05) is 6.61 Å². The molecule has 0 aliphatic heterocycles. The second-order valence-corrected chi connectivity index (χ2v) is 5.07. The van der Waals surface area contributed by atoms with Crippen molar-refractivity contribution in [3.8, 4) is 0 Å². The molecule has 3 heteroatoms. The molecule has 12 heavy (non-hydrogen) atoms. The summed E-state index contributed by atoms with van der Waals surface area (Å²) >= 11 is 1.79. The Labute approximate surface area is 79.4 Å². The molecule has 0 aromatic carbocycles. The van der Waals surface area contributed by atoms with Crippen molar-refractivity contribution in [3.63, 3.8) is 0 Å². The van der Waals surface area contributed by atoms with Gasteiger partial charge in [0.25, 0.3) is 0 Å². The van der Waals surface area contributed by atoms with E-state index in [1.54, 1.807) is 11.8 Å². The Bertz CT molecular complexity index is 110. The third kappa shape index (κ3) is 8.37. The van der Waals surface area contributed by atoms with E-state index >= 15 is 0 Å². The highest BCUT2D eigenvalue weighted by atomic mass is 32.2. The van der Waals surface area contributed by atoms with E-state index in [2.05, 4.69) is 0 Å². The van der Waals surface area contributed by atoms with Gasteiger partial charge in [-0.15, -0.1) is 0 Å². The predicted molar refractivity (Wildman–Crippen MR) is 54.5 cm³/mol. The maximum Gasteiger partial charge on any atom is 0.0599 e. The van der Waals surface area contributed by atoms with Crippen LogP contribution < -0.4 is 0 Å². The molecule has 74 valence electrons. The van der Waals surface area contributed by atoms with Gasteiger partial charge in [-0.1, -0.05) is 6.92 Å². The second kappa shape index (κ2) is 5.84. The van der Waals surface area contributed by atoms with Crippen molar-refractivity contribution in [2.45, 2.75) is 32.8 Å². The summed E-state index contributed by atoms with van der Waals surface area (Å²) in [7, 11) is 0. The quantitative estimate of drug-likeness (QED) is 0.627. The van der Waals surface area contributed by atoms with E-state index in [-0.39, 0.29) is 6.61 Å². The second-order valence-electron chi connectivity index (χ2n) is 3.93. The molecule has 0 aromatic rings. The zero-order chi connectivity index (χ0) is 9.61. The molecule has 0 radical (unpaired) electrons. The number of aliphatic hydroxyl groups is 2. The summed E-state index contributed by atoms with van der Waals surface area (Å²) in [5.41, 5.74) is -0.546. The summed E-state index contributed by atoms with van der Waals surface area (Å²) in [6.07, 6.45) is 0.815. The van der Waals surface area contributed by atoms with Crippen LogP contribution in [0.15, 0.2) is 0 Å². The average Bonchev–Trinajstić information content (AvgIpc) is 1.96. The largest absolute Gasteiger partial charge is 0.396 e. The average molecular weight is 192 g/mol. The smallest absolute Gasteiger partial charge is 0.0599 e. The van der Waals surface area contributed by atoms with Gasteiger partial charge in [-0.25, -0.2) is 0 Å². The molecule has 2 nitrogen and oxygen atoms in total. The van der Waals surface area contributed by atoms with Crippen molar-refractivity contribution in [3.05, 3.63) is 0 Å². The highest BCUT2D eigenvalue weighted by Crippen LogP contribution is 2.15. The van der Waals surface area contributed by atoms with E-state index in [9.17, 15) is 5.11 Å². The van der Waals surface area contributed by atoms with Gasteiger partial charge in [0.2, 0.25) is 0 Å². The number of rotatable bonds is 6. The molecular weight excluding hydrogens is 172 g/mol. The van der Waals surface area contributed by atoms with E-state index in [1.165, 1.54) is 0 Å². The SMILES string of the molecule is CC(CO)CSCCC(C)(C)O. The molecular formula is C9H20O2S. The molecule has 0 spiro atoms. The van der Waals surface area contributed by atoms with Gasteiger partial charge in [0.05, 0.1) is 5.60 Å². The van der Waals surface area contributed by atoms with Gasteiger partial charge in [-0.3, -0.25) is 0 Å². The van der Waals surface area contributed by atoms with Crippen molar-refractivity contribution < 1.29 is 10.2 Å². The lowest BCUT2D eigenvalue weighted by atomic mass is 10.1. The molecule has 2 N–H and O–H groups in total. The maximum absolute atomic E-state index is 9.38. The topological polar surface area (TPSA) is 40.5 Å². The monoisotopic (exact) mass is 192 g/mol. The number of hydrogen-bond acceptors (Lipinski definition) is 3. The summed E-state index contributed by atoms with van der Waals surface area (Å²) in [4.78, 5) is 0. The molecule has 0 aliphatic carbocycles. The summed E-state index contributed by atoms with van der Waals surface area (Å²) in [5.74, 6) is 2.32. The van der Waals surface area contributed by atoms with E-state index in [0.717, 1.165) is 17.9 Å². The van der Waals surface area contributed by atoms with Gasteiger partial charge >= 0.3 is 0 Å². The van der Waals surface area contributed by atoms with Gasteiger partial charge in [-0.05, 0) is 37.7 Å². The fraction of sp³-hybridized carbons (Fsp3) is 1.00. The molecule has 0 heterocycles. The third-order valence-corrected chi connectivity index (χ3v) is 2.87. The molecule has 0 amide bonds. The Morgan fingerprint density at radius 1 is 1.42 bits per heavy atom. The van der Waals surface area contributed by atoms with Gasteiger partial charge in [-0.2, -0.15) is 11.8 Å². The minimum Gasteiger partial charge on any atom is -0.396 e. The molecule has 0 aliphatic rings. The first-order valence-electron chi connectivity index (χ1n) is 4.36. The summed E-state index contributed by atoms with van der Waals surface area (Å²) in [5, 5.41) is 18.1. The Kier molecular flexibility index (Phi) is 5.97. The molecule has 0 rings (SSSR count). The third-order valence-electron chi connectivity index (χ3n) is 1.57. The molecule has 0 bridgehead atoms. The van der Waals surface area contributed by atoms with Crippen LogP contribution in [-0.2, 0) is 0 Å². The van der Waals surface area contributed by atoms with Crippen molar-refractivity contribution >= 4 is 11.8 Å². The minimum atomic E-state index is -0.546. The van der Waals surface area contributed by atoms with Gasteiger partial charge in [0.1, 0.15) is 0 Å². The molecule has 1 atom stereocenters. The van der Waals surface area contributed by atoms with Crippen LogP contribution in [0.1, 0.15) is 27.2 Å². The van der Waals surface area contributed by atoms with Crippen LogP contribution in [0.25, 0.3) is 0 Å². The predicted octanol–water partition coefficient (Wildman–Crippen LogP) is 1.51. The summed E-state index contributed by atoms with van der Waals surface area (Å²) in [6.45, 7) is 5.93. The fourth-order valence-corrected chi connectivity index (χ4v) is 1.98. The maximum atomic E-state index is 9.38. The zero-order valence-corrected chi connectivity index (χ0v) is 9.02. The van der Waals surface area contributed by atoms with Crippen molar-refractivity contribution in [1.29, 1.82) is 0 Å². The normalized spacial score (nSPS) is 14.8. The first-order chi connectivity index (χ1) is 5.45. The standard InChI is InChI=1S/C9H20O2S/c1-8(6-10)7-12-5-4-9(2,3)11/h8,10-11H,4-7H2,1-3H3. The number of aliphatic hydroxyl groups excluding tert-OH is 1. The van der Waals surface area contributed by atoms with Crippen LogP contribution in [0.5, 0.6) is 0 Å². The van der Waals surface area contributed by atoms with E-state index in [0.29, 0.717) is 5.92 Å². The van der Waals surface area contributed by atoms with Crippen molar-refractivity contribution in [1.82, 2.24) is 0 Å². The van der Waals surface area contributed by atoms with E-state index in [4.69, 9.17) is 5.11 Å². The Balaban J connectivity index is 3.22. The van der Waals surface area contributed by atoms with Crippen LogP contribution >= 0.6 is 11.8 Å². The van der Waals surface area contributed by atoms with Crippen molar-refractivity contribution in [2.24, 2.45) is 5.92 Å². The van der Waals surface area contributed by atoms with Crippen LogP contribution in [-0.4, -0.2) is 33.9 Å². The first-order valence-corrected chi connectivity index (χ1v) is 5.52. The van der Waals surface area contributed by atoms with Gasteiger partial charge < -0.3 is 10.2 Å². The number of thioether (sulfide) groups is 1. The van der Waals surface area contributed by atoms with E-state index < -0.39 is 5.60 Å². The Morgan fingerprint density at radius 2 is 2.00 bits per heavy atom. The molecule has 0 saturated carbocycles. The highest BCUT2D eigenvalue weighted by Gasteiger charge is 2.11. The van der Waals surface area contributed by atoms with Crippen LogP contribution in [0.2, 0.25) is 0 Å². The fourth-order valence-electron chi connectivity index (χ4n) is 0.659. The highest BCUT2D eigenvalue weighted by molar-refractivity contribution is 7.99. The Hall–Kier alpha value is 0.270. The lowest BCUT2D eigenvalue weighted by molar-refractivity contribution is 0.0777. The molecule has 0 aromatic heterocycles. The lowest BCUT2D eigenvalue weighted by Crippen LogP contribution is -2.19. The van der Waals surface area contributed by atoms with Crippen LogP contribution in [0, 0.1) is 5.92 Å². The Morgan fingerprint density at radius 3 is 2.42 bits per heavy atom. The zero-order valence-electron chi connectivity index (χ0n) is 8.21. The lowest BCUT2D eigenvalue weighted by Gasteiger charge is -2.16. The van der Waals surface area contributed by atoms with Crippen LogP contribution in [0.3, 0.4) is 0 Å². The van der Waals surface area contributed by atoms with Crippen LogP contribution in [0.4, 0.5) is 0 Å². The van der Waals surface area contributed by atoms with Gasteiger partial charge in [0.15, 0.2) is 0 Å². The van der Waals surface area contributed by atoms with E-state index in [1.807, 2.05) is 20.8 Å². The first kappa shape index (κ1) is 12.3. The summed E-state index contributed by atoms with van der Waals surface area (Å²) in [6, 6.07) is 0. The summed E-state index contributed by atoms with van der Waals surface area (Å²) < 4.78 is 0. The number of hydrogen-bond donors (Lipinski definition) is 2. The van der Waals surface area contributed by atoms with Crippen molar-refractivity contribution in [2.75, 3.05) is 18.1 Å².